The smallest absolute Gasteiger partial charge is 0.255 e. The van der Waals surface area contributed by atoms with Gasteiger partial charge in [0.2, 0.25) is 0 Å². The number of halogens is 3. The van der Waals surface area contributed by atoms with Crippen molar-refractivity contribution in [3.63, 3.8) is 0 Å². The number of rotatable bonds is 3. The van der Waals surface area contributed by atoms with Crippen LogP contribution in [0.3, 0.4) is 0 Å². The summed E-state index contributed by atoms with van der Waals surface area (Å²) in [5, 5.41) is 11.4. The first-order valence-electron chi connectivity index (χ1n) is 5.67. The Balaban J connectivity index is 2.23. The van der Waals surface area contributed by atoms with Crippen molar-refractivity contribution >= 4 is 11.6 Å². The van der Waals surface area contributed by atoms with Gasteiger partial charge in [0, 0.05) is 11.3 Å². The van der Waals surface area contributed by atoms with Crippen molar-refractivity contribution in [3.05, 3.63) is 65.0 Å². The Kier molecular flexibility index (Phi) is 4.05. The van der Waals surface area contributed by atoms with E-state index in [4.69, 9.17) is 5.11 Å². The van der Waals surface area contributed by atoms with Crippen LogP contribution in [-0.2, 0) is 6.61 Å². The van der Waals surface area contributed by atoms with E-state index in [-0.39, 0.29) is 12.2 Å². The van der Waals surface area contributed by atoms with E-state index in [0.29, 0.717) is 23.4 Å². The first-order valence-corrected chi connectivity index (χ1v) is 5.67. The molecule has 2 N–H and O–H groups in total. The molecule has 0 atom stereocenters. The van der Waals surface area contributed by atoms with Gasteiger partial charge in [-0.25, -0.2) is 13.2 Å². The van der Waals surface area contributed by atoms with E-state index < -0.39 is 23.4 Å². The molecule has 2 rings (SSSR count). The maximum Gasteiger partial charge on any atom is 0.255 e. The number of aliphatic hydroxyl groups excluding tert-OH is 1. The van der Waals surface area contributed by atoms with E-state index in [9.17, 15) is 18.0 Å². The lowest BCUT2D eigenvalue weighted by Crippen LogP contribution is -2.13. The summed E-state index contributed by atoms with van der Waals surface area (Å²) in [6.07, 6.45) is 0. The van der Waals surface area contributed by atoms with E-state index in [2.05, 4.69) is 5.32 Å². The third-order valence-corrected chi connectivity index (χ3v) is 2.61. The number of hydrogen-bond acceptors (Lipinski definition) is 2. The first kappa shape index (κ1) is 14.1. The molecule has 0 spiro atoms. The molecule has 20 heavy (non-hydrogen) atoms. The molecule has 6 heteroatoms. The summed E-state index contributed by atoms with van der Waals surface area (Å²) in [4.78, 5) is 11.8. The molecule has 1 amide bonds. The van der Waals surface area contributed by atoms with Gasteiger partial charge < -0.3 is 10.4 Å². The molecule has 0 aromatic heterocycles. The summed E-state index contributed by atoms with van der Waals surface area (Å²) in [5.41, 5.74) is 0.585. The van der Waals surface area contributed by atoms with Gasteiger partial charge in [-0.1, -0.05) is 12.1 Å². The Bertz CT molecular complexity index is 636. The summed E-state index contributed by atoms with van der Waals surface area (Å²) in [5.74, 6) is -5.26. The molecule has 0 unspecified atom stereocenters. The fourth-order valence-corrected chi connectivity index (χ4v) is 1.64. The fourth-order valence-electron chi connectivity index (χ4n) is 1.64. The highest BCUT2D eigenvalue weighted by Crippen LogP contribution is 2.16. The van der Waals surface area contributed by atoms with Gasteiger partial charge in [0.15, 0.2) is 17.5 Å². The number of hydrogen-bond donors (Lipinski definition) is 2. The van der Waals surface area contributed by atoms with Crippen molar-refractivity contribution in [2.24, 2.45) is 0 Å². The number of carbonyl (C=O) groups is 1. The molecule has 0 bridgehead atoms. The van der Waals surface area contributed by atoms with Crippen molar-refractivity contribution in [2.75, 3.05) is 5.32 Å². The van der Waals surface area contributed by atoms with Crippen molar-refractivity contribution < 1.29 is 23.1 Å². The normalized spacial score (nSPS) is 10.4. The van der Waals surface area contributed by atoms with Crippen LogP contribution in [-0.4, -0.2) is 11.0 Å². The quantitative estimate of drug-likeness (QED) is 0.850. The predicted molar refractivity (Wildman–Crippen MR) is 66.6 cm³/mol. The monoisotopic (exact) mass is 281 g/mol. The molecule has 2 aromatic rings. The molecular formula is C14H10F3NO2. The molecule has 0 saturated carbocycles. The average Bonchev–Trinajstić information content (AvgIpc) is 2.44. The standard InChI is InChI=1S/C14H10F3NO2/c15-11-5-9(6-12(16)13(11)17)14(20)18-10-3-1-2-8(4-10)7-19/h1-6,19H,7H2,(H,18,20). The minimum absolute atomic E-state index is 0.205. The second kappa shape index (κ2) is 5.75. The summed E-state index contributed by atoms with van der Waals surface area (Å²) >= 11 is 0. The Labute approximate surface area is 112 Å². The maximum atomic E-state index is 13.0. The van der Waals surface area contributed by atoms with Crippen LogP contribution in [0.15, 0.2) is 36.4 Å². The van der Waals surface area contributed by atoms with Crippen molar-refractivity contribution in [1.82, 2.24) is 0 Å². The van der Waals surface area contributed by atoms with Crippen molar-refractivity contribution in [3.8, 4) is 0 Å². The second-order valence-electron chi connectivity index (χ2n) is 4.07. The highest BCUT2D eigenvalue weighted by atomic mass is 19.2. The zero-order chi connectivity index (χ0) is 14.7. The highest BCUT2D eigenvalue weighted by molar-refractivity contribution is 6.04. The van der Waals surface area contributed by atoms with Crippen LogP contribution in [0.1, 0.15) is 15.9 Å². The third kappa shape index (κ3) is 2.97. The average molecular weight is 281 g/mol. The Morgan fingerprint density at radius 2 is 1.75 bits per heavy atom. The number of carbonyl (C=O) groups excluding carboxylic acids is 1. The number of benzene rings is 2. The predicted octanol–water partition coefficient (Wildman–Crippen LogP) is 2.85. The molecule has 0 fully saturated rings. The fraction of sp³-hybridized carbons (Fsp3) is 0.0714. The molecule has 2 aromatic carbocycles. The maximum absolute atomic E-state index is 13.0. The second-order valence-corrected chi connectivity index (χ2v) is 4.07. The summed E-state index contributed by atoms with van der Waals surface area (Å²) in [6, 6.07) is 7.54. The summed E-state index contributed by atoms with van der Waals surface area (Å²) in [7, 11) is 0. The summed E-state index contributed by atoms with van der Waals surface area (Å²) < 4.78 is 38.8. The Morgan fingerprint density at radius 1 is 1.10 bits per heavy atom. The van der Waals surface area contributed by atoms with Crippen LogP contribution in [0.25, 0.3) is 0 Å². The minimum atomic E-state index is -1.62. The van der Waals surface area contributed by atoms with E-state index >= 15 is 0 Å². The molecule has 0 aliphatic rings. The van der Waals surface area contributed by atoms with Crippen LogP contribution >= 0.6 is 0 Å². The Hall–Kier alpha value is -2.34. The van der Waals surface area contributed by atoms with Gasteiger partial charge in [-0.2, -0.15) is 0 Å². The number of aliphatic hydroxyl groups is 1. The van der Waals surface area contributed by atoms with E-state index in [0.717, 1.165) is 0 Å². The van der Waals surface area contributed by atoms with Crippen LogP contribution in [0.2, 0.25) is 0 Å². The van der Waals surface area contributed by atoms with Gasteiger partial charge in [-0.05, 0) is 29.8 Å². The molecular weight excluding hydrogens is 271 g/mol. The minimum Gasteiger partial charge on any atom is -0.392 e. The topological polar surface area (TPSA) is 49.3 Å². The molecule has 3 nitrogen and oxygen atoms in total. The van der Waals surface area contributed by atoms with Crippen LogP contribution in [0.4, 0.5) is 18.9 Å². The third-order valence-electron chi connectivity index (χ3n) is 2.61. The van der Waals surface area contributed by atoms with Gasteiger partial charge in [0.05, 0.1) is 6.61 Å². The zero-order valence-corrected chi connectivity index (χ0v) is 10.2. The van der Waals surface area contributed by atoms with Gasteiger partial charge in [0.1, 0.15) is 0 Å². The number of amides is 1. The molecule has 0 radical (unpaired) electrons. The van der Waals surface area contributed by atoms with E-state index in [1.165, 1.54) is 6.07 Å². The lowest BCUT2D eigenvalue weighted by Gasteiger charge is -2.07. The Morgan fingerprint density at radius 3 is 2.35 bits per heavy atom. The largest absolute Gasteiger partial charge is 0.392 e. The molecule has 0 heterocycles. The number of nitrogens with one attached hydrogen (secondary N) is 1. The van der Waals surface area contributed by atoms with E-state index in [1.807, 2.05) is 0 Å². The van der Waals surface area contributed by atoms with Gasteiger partial charge >= 0.3 is 0 Å². The van der Waals surface area contributed by atoms with Crippen LogP contribution in [0, 0.1) is 17.5 Å². The van der Waals surface area contributed by atoms with Crippen LogP contribution < -0.4 is 5.32 Å². The van der Waals surface area contributed by atoms with Gasteiger partial charge in [-0.15, -0.1) is 0 Å². The van der Waals surface area contributed by atoms with Gasteiger partial charge in [-0.3, -0.25) is 4.79 Å². The lowest BCUT2D eigenvalue weighted by atomic mass is 10.1. The van der Waals surface area contributed by atoms with Gasteiger partial charge in [0.25, 0.3) is 5.91 Å². The lowest BCUT2D eigenvalue weighted by molar-refractivity contribution is 0.102. The van der Waals surface area contributed by atoms with Crippen molar-refractivity contribution in [1.29, 1.82) is 0 Å². The van der Waals surface area contributed by atoms with E-state index in [1.54, 1.807) is 18.2 Å². The van der Waals surface area contributed by atoms with Crippen LogP contribution in [0.5, 0.6) is 0 Å². The number of anilines is 1. The molecule has 0 saturated heterocycles. The SMILES string of the molecule is O=C(Nc1cccc(CO)c1)c1cc(F)c(F)c(F)c1. The highest BCUT2D eigenvalue weighted by Gasteiger charge is 2.15. The zero-order valence-electron chi connectivity index (χ0n) is 10.2. The molecule has 104 valence electrons. The first-order chi connectivity index (χ1) is 9.51. The molecule has 0 aliphatic carbocycles. The van der Waals surface area contributed by atoms with Crippen molar-refractivity contribution in [2.45, 2.75) is 6.61 Å². The molecule has 0 aliphatic heterocycles. The summed E-state index contributed by atoms with van der Waals surface area (Å²) in [6.45, 7) is -0.205.